The highest BCUT2D eigenvalue weighted by Gasteiger charge is 2.30. The summed E-state index contributed by atoms with van der Waals surface area (Å²) in [7, 11) is -3.87. The Balaban J connectivity index is 1.94. The fraction of sp³-hybridized carbons (Fsp3) is 0.172. The molecule has 0 saturated heterocycles. The highest BCUT2D eigenvalue weighted by molar-refractivity contribution is 7.92. The number of nitrogens with zero attached hydrogens (tertiary/aromatic N) is 3. The first-order chi connectivity index (χ1) is 18.0. The van der Waals surface area contributed by atoms with Gasteiger partial charge in [-0.2, -0.15) is 0 Å². The Morgan fingerprint density at radius 1 is 0.921 bits per heavy atom. The zero-order valence-electron chi connectivity index (χ0n) is 21.3. The van der Waals surface area contributed by atoms with Gasteiger partial charge in [0.2, 0.25) is 10.0 Å². The van der Waals surface area contributed by atoms with Crippen molar-refractivity contribution >= 4 is 49.4 Å². The Bertz CT molecular complexity index is 1770. The van der Waals surface area contributed by atoms with Gasteiger partial charge in [0.1, 0.15) is 11.4 Å². The van der Waals surface area contributed by atoms with Crippen molar-refractivity contribution in [2.75, 3.05) is 10.6 Å². The fourth-order valence-electron chi connectivity index (χ4n) is 4.53. The van der Waals surface area contributed by atoms with Crippen LogP contribution in [-0.2, 0) is 14.8 Å². The van der Waals surface area contributed by atoms with Gasteiger partial charge < -0.3 is 4.74 Å². The van der Waals surface area contributed by atoms with Crippen molar-refractivity contribution in [3.8, 4) is 11.1 Å². The summed E-state index contributed by atoms with van der Waals surface area (Å²) in [5, 5.41) is 1.28. The van der Waals surface area contributed by atoms with Crippen LogP contribution in [0, 0.1) is 5.82 Å². The molecule has 0 radical (unpaired) electrons. The lowest BCUT2D eigenvalue weighted by Crippen LogP contribution is -2.27. The molecule has 0 aliphatic carbocycles. The second kappa shape index (κ2) is 9.25. The number of hydrogen-bond acceptors (Lipinski definition) is 5. The number of carbonyl (C=O) groups excluding carboxylic acids is 1. The van der Waals surface area contributed by atoms with E-state index in [1.54, 1.807) is 75.4 Å². The number of benzene rings is 3. The highest BCUT2D eigenvalue weighted by atomic mass is 32.2. The van der Waals surface area contributed by atoms with Crippen LogP contribution in [0.15, 0.2) is 85.1 Å². The zero-order valence-corrected chi connectivity index (χ0v) is 22.2. The van der Waals surface area contributed by atoms with Crippen molar-refractivity contribution in [1.82, 2.24) is 9.55 Å². The Labute approximate surface area is 220 Å². The topological polar surface area (TPSA) is 81.5 Å². The van der Waals surface area contributed by atoms with Crippen LogP contribution >= 0.6 is 0 Å². The number of fused-ring (bicyclic) bond motifs is 3. The standard InChI is InChI=1S/C29H26FN3O4S/c1-29(2,3)37-28(34)32-23-13-9-8-12-22(23)26-24(32)18-31-27(25(26)19-14-16-20(30)17-15-19)33(38(4,35)36)21-10-6-5-7-11-21/h5-18H,1-4H3. The van der Waals surface area contributed by atoms with Crippen LogP contribution in [0.25, 0.3) is 32.9 Å². The summed E-state index contributed by atoms with van der Waals surface area (Å²) in [6.45, 7) is 5.34. The van der Waals surface area contributed by atoms with Crippen molar-refractivity contribution in [3.63, 3.8) is 0 Å². The minimum Gasteiger partial charge on any atom is -0.443 e. The third-order valence-corrected chi connectivity index (χ3v) is 6.96. The van der Waals surface area contributed by atoms with Gasteiger partial charge in [0.25, 0.3) is 0 Å². The molecule has 2 aromatic heterocycles. The van der Waals surface area contributed by atoms with Crippen LogP contribution in [0.3, 0.4) is 0 Å². The van der Waals surface area contributed by atoms with Crippen LogP contribution in [0.5, 0.6) is 0 Å². The monoisotopic (exact) mass is 531 g/mol. The van der Waals surface area contributed by atoms with Crippen LogP contribution in [0.2, 0.25) is 0 Å². The number of aromatic nitrogens is 2. The highest BCUT2D eigenvalue weighted by Crippen LogP contribution is 2.44. The fourth-order valence-corrected chi connectivity index (χ4v) is 5.48. The predicted molar refractivity (Wildman–Crippen MR) is 148 cm³/mol. The molecule has 2 heterocycles. The lowest BCUT2D eigenvalue weighted by atomic mass is 10.00. The van der Waals surface area contributed by atoms with Gasteiger partial charge in [-0.15, -0.1) is 0 Å². The van der Waals surface area contributed by atoms with E-state index in [1.165, 1.54) is 22.9 Å². The van der Waals surface area contributed by atoms with E-state index in [1.807, 2.05) is 12.1 Å². The quantitative estimate of drug-likeness (QED) is 0.253. The number of sulfonamides is 1. The third-order valence-electron chi connectivity index (χ3n) is 5.92. The first-order valence-corrected chi connectivity index (χ1v) is 13.8. The maximum absolute atomic E-state index is 14.0. The number of carbonyl (C=O) groups is 1. The van der Waals surface area contributed by atoms with E-state index in [4.69, 9.17) is 4.74 Å². The molecule has 0 atom stereocenters. The molecule has 0 amide bonds. The third kappa shape index (κ3) is 4.61. The molecule has 194 valence electrons. The number of rotatable bonds is 4. The van der Waals surface area contributed by atoms with Crippen molar-refractivity contribution in [3.05, 3.63) is 90.9 Å². The lowest BCUT2D eigenvalue weighted by Gasteiger charge is -2.25. The molecular weight excluding hydrogens is 505 g/mol. The molecule has 5 aromatic rings. The van der Waals surface area contributed by atoms with Gasteiger partial charge in [0.15, 0.2) is 5.82 Å². The lowest BCUT2D eigenvalue weighted by molar-refractivity contribution is 0.0551. The minimum atomic E-state index is -3.87. The Hall–Kier alpha value is -4.24. The molecule has 0 fully saturated rings. The van der Waals surface area contributed by atoms with Crippen LogP contribution in [-0.4, -0.2) is 35.9 Å². The first-order valence-electron chi connectivity index (χ1n) is 11.9. The number of anilines is 2. The minimum absolute atomic E-state index is 0.130. The molecule has 0 saturated carbocycles. The maximum Gasteiger partial charge on any atom is 0.419 e. The SMILES string of the molecule is CC(C)(C)OC(=O)n1c2ccccc2c2c(-c3ccc(F)cc3)c(N(c3ccccc3)S(C)(=O)=O)ncc21. The molecule has 0 spiro atoms. The molecule has 0 aliphatic rings. The average molecular weight is 532 g/mol. The van der Waals surface area contributed by atoms with Crippen LogP contribution in [0.4, 0.5) is 20.7 Å². The number of para-hydroxylation sites is 2. The van der Waals surface area contributed by atoms with Crippen molar-refractivity contribution in [2.45, 2.75) is 26.4 Å². The molecule has 0 bridgehead atoms. The van der Waals surface area contributed by atoms with Gasteiger partial charge in [-0.05, 0) is 56.7 Å². The smallest absolute Gasteiger partial charge is 0.419 e. The first kappa shape index (κ1) is 25.4. The van der Waals surface area contributed by atoms with Gasteiger partial charge >= 0.3 is 6.09 Å². The number of ether oxygens (including phenoxy) is 1. The Kier molecular flexibility index (Phi) is 6.19. The van der Waals surface area contributed by atoms with Gasteiger partial charge in [-0.3, -0.25) is 0 Å². The Morgan fingerprint density at radius 3 is 2.18 bits per heavy atom. The molecule has 9 heteroatoms. The molecule has 0 N–H and O–H groups in total. The number of halogens is 1. The number of pyridine rings is 1. The van der Waals surface area contributed by atoms with E-state index in [2.05, 4.69) is 4.98 Å². The second-order valence-electron chi connectivity index (χ2n) is 9.92. The molecule has 38 heavy (non-hydrogen) atoms. The molecule has 0 aliphatic heterocycles. The summed E-state index contributed by atoms with van der Waals surface area (Å²) in [5.41, 5.74) is 1.63. The summed E-state index contributed by atoms with van der Waals surface area (Å²) in [5.74, 6) is -0.306. The van der Waals surface area contributed by atoms with Gasteiger partial charge in [0, 0.05) is 16.3 Å². The van der Waals surface area contributed by atoms with Crippen LogP contribution in [0.1, 0.15) is 20.8 Å². The molecular formula is C29H26FN3O4S. The maximum atomic E-state index is 14.0. The van der Waals surface area contributed by atoms with Gasteiger partial charge in [0.05, 0.1) is 29.2 Å². The van der Waals surface area contributed by atoms with Crippen LogP contribution < -0.4 is 4.31 Å². The molecule has 0 unspecified atom stereocenters. The van der Waals surface area contributed by atoms with E-state index in [-0.39, 0.29) is 5.82 Å². The van der Waals surface area contributed by atoms with E-state index in [0.29, 0.717) is 38.6 Å². The largest absolute Gasteiger partial charge is 0.443 e. The number of hydrogen-bond donors (Lipinski definition) is 0. The Morgan fingerprint density at radius 2 is 1.55 bits per heavy atom. The van der Waals surface area contributed by atoms with E-state index in [9.17, 15) is 17.6 Å². The van der Waals surface area contributed by atoms with Gasteiger partial charge in [-0.1, -0.05) is 48.5 Å². The van der Waals surface area contributed by atoms with E-state index in [0.717, 1.165) is 10.6 Å². The predicted octanol–water partition coefficient (Wildman–Crippen LogP) is 6.88. The second-order valence-corrected chi connectivity index (χ2v) is 11.8. The van der Waals surface area contributed by atoms with E-state index >= 15 is 0 Å². The van der Waals surface area contributed by atoms with Crippen molar-refractivity contribution in [2.24, 2.45) is 0 Å². The average Bonchev–Trinajstić information content (AvgIpc) is 3.18. The summed E-state index contributed by atoms with van der Waals surface area (Å²) in [4.78, 5) is 18.0. The molecule has 3 aromatic carbocycles. The van der Waals surface area contributed by atoms with E-state index < -0.39 is 27.5 Å². The normalized spacial score (nSPS) is 12.1. The summed E-state index contributed by atoms with van der Waals surface area (Å²) in [6, 6.07) is 21.6. The summed E-state index contributed by atoms with van der Waals surface area (Å²) >= 11 is 0. The van der Waals surface area contributed by atoms with Crippen molar-refractivity contribution < 1.29 is 22.3 Å². The van der Waals surface area contributed by atoms with Gasteiger partial charge in [-0.25, -0.2) is 31.5 Å². The molecule has 5 rings (SSSR count). The zero-order chi connectivity index (χ0) is 27.2. The van der Waals surface area contributed by atoms with Crippen molar-refractivity contribution in [1.29, 1.82) is 0 Å². The molecule has 7 nitrogen and oxygen atoms in total. The summed E-state index contributed by atoms with van der Waals surface area (Å²) < 4.78 is 48.6. The summed E-state index contributed by atoms with van der Waals surface area (Å²) in [6.07, 6.45) is 1.99.